The van der Waals surface area contributed by atoms with E-state index in [0.29, 0.717) is 30.2 Å². The van der Waals surface area contributed by atoms with Crippen LogP contribution in [0.15, 0.2) is 49.2 Å². The average Bonchev–Trinajstić information content (AvgIpc) is 3.78. The largest absolute Gasteiger partial charge is 0.497 e. The summed E-state index contributed by atoms with van der Waals surface area (Å²) in [6.45, 7) is 9.50. The van der Waals surface area contributed by atoms with E-state index in [-0.39, 0.29) is 6.04 Å². The average molecular weight is 502 g/mol. The fraction of sp³-hybridized carbons (Fsp3) is 0.500. The van der Waals surface area contributed by atoms with E-state index in [0.717, 1.165) is 83.5 Å². The smallest absolute Gasteiger partial charge is 0.217 e. The number of nitrogens with zero attached hydrogens (tertiary/aromatic N) is 4. The summed E-state index contributed by atoms with van der Waals surface area (Å²) >= 11 is 0. The number of hydrogen-bond donors (Lipinski definition) is 1. The molecule has 0 radical (unpaired) electrons. The first-order chi connectivity index (χ1) is 18.0. The quantitative estimate of drug-likeness (QED) is 0.330. The highest BCUT2D eigenvalue weighted by Gasteiger charge is 2.54. The lowest BCUT2D eigenvalue weighted by Gasteiger charge is -2.58. The fourth-order valence-corrected chi connectivity index (χ4v) is 6.76. The molecule has 0 spiro atoms. The van der Waals surface area contributed by atoms with Gasteiger partial charge in [-0.1, -0.05) is 6.08 Å². The number of piperidine rings is 3. The second-order valence-corrected chi connectivity index (χ2v) is 11.0. The van der Waals surface area contributed by atoms with Gasteiger partial charge in [-0.15, -0.1) is 6.58 Å². The number of quaternary nitrogens is 1. The Morgan fingerprint density at radius 1 is 1.19 bits per heavy atom. The highest BCUT2D eigenvalue weighted by molar-refractivity contribution is 5.83. The molecule has 3 aromatic rings. The second kappa shape index (κ2) is 9.69. The molecule has 1 aromatic carbocycles. The van der Waals surface area contributed by atoms with Gasteiger partial charge >= 0.3 is 0 Å². The summed E-state index contributed by atoms with van der Waals surface area (Å²) in [5.74, 6) is 3.80. The zero-order valence-electron chi connectivity index (χ0n) is 21.8. The van der Waals surface area contributed by atoms with E-state index < -0.39 is 6.10 Å². The number of aliphatic hydroxyl groups excluding tert-OH is 1. The molecule has 2 bridgehead atoms. The number of ether oxygens (including phenoxy) is 2. The molecule has 4 aliphatic rings. The Morgan fingerprint density at radius 3 is 2.81 bits per heavy atom. The van der Waals surface area contributed by atoms with Gasteiger partial charge in [0.2, 0.25) is 5.88 Å². The molecule has 1 saturated carbocycles. The van der Waals surface area contributed by atoms with E-state index in [2.05, 4.69) is 17.6 Å². The summed E-state index contributed by atoms with van der Waals surface area (Å²) in [6, 6.07) is 9.92. The van der Waals surface area contributed by atoms with E-state index in [9.17, 15) is 5.11 Å². The third-order valence-electron chi connectivity index (χ3n) is 8.83. The van der Waals surface area contributed by atoms with Gasteiger partial charge in [0.15, 0.2) is 0 Å². The molecule has 1 aliphatic carbocycles. The molecule has 3 saturated heterocycles. The summed E-state index contributed by atoms with van der Waals surface area (Å²) in [4.78, 5) is 14.3. The van der Waals surface area contributed by atoms with Crippen molar-refractivity contribution in [1.29, 1.82) is 0 Å². The number of hydrogen-bond acceptors (Lipinski definition) is 6. The lowest BCUT2D eigenvalue weighted by molar-refractivity contribution is -0.985. The monoisotopic (exact) mass is 501 g/mol. The van der Waals surface area contributed by atoms with Crippen LogP contribution in [0.4, 0.5) is 0 Å². The zero-order chi connectivity index (χ0) is 25.6. The maximum Gasteiger partial charge on any atom is 0.217 e. The first-order valence-electron chi connectivity index (χ1n) is 13.6. The van der Waals surface area contributed by atoms with Crippen molar-refractivity contribution in [3.8, 4) is 11.6 Å². The van der Waals surface area contributed by atoms with Crippen LogP contribution < -0.4 is 9.47 Å². The molecule has 7 heteroatoms. The highest BCUT2D eigenvalue weighted by atomic mass is 16.5. The number of methoxy groups -OCH3 is 1. The van der Waals surface area contributed by atoms with Gasteiger partial charge in [0, 0.05) is 42.3 Å². The molecule has 4 fully saturated rings. The molecule has 2 aromatic heterocycles. The van der Waals surface area contributed by atoms with Crippen LogP contribution >= 0.6 is 0 Å². The minimum absolute atomic E-state index is 0.0571. The Bertz CT molecular complexity index is 1310. The van der Waals surface area contributed by atoms with Crippen molar-refractivity contribution >= 4 is 10.9 Å². The Hall–Kier alpha value is -3.03. The Balaban J connectivity index is 1.40. The molecule has 5 heterocycles. The predicted molar refractivity (Wildman–Crippen MR) is 142 cm³/mol. The van der Waals surface area contributed by atoms with Crippen LogP contribution in [0.25, 0.3) is 10.9 Å². The molecule has 4 unspecified atom stereocenters. The van der Waals surface area contributed by atoms with Gasteiger partial charge in [0.05, 0.1) is 32.3 Å². The summed E-state index contributed by atoms with van der Waals surface area (Å²) in [5, 5.41) is 13.0. The molecule has 194 valence electrons. The van der Waals surface area contributed by atoms with Crippen molar-refractivity contribution in [2.75, 3.05) is 26.8 Å². The number of rotatable bonds is 9. The van der Waals surface area contributed by atoms with E-state index >= 15 is 0 Å². The van der Waals surface area contributed by atoms with Crippen LogP contribution in [0.3, 0.4) is 0 Å². The van der Waals surface area contributed by atoms with E-state index in [4.69, 9.17) is 19.4 Å². The van der Waals surface area contributed by atoms with Gasteiger partial charge in [-0.3, -0.25) is 4.98 Å². The van der Waals surface area contributed by atoms with Crippen molar-refractivity contribution in [2.45, 2.75) is 57.2 Å². The fourth-order valence-electron chi connectivity index (χ4n) is 6.76. The minimum atomic E-state index is -0.623. The van der Waals surface area contributed by atoms with Crippen LogP contribution in [-0.2, 0) is 6.54 Å². The predicted octanol–water partition coefficient (Wildman–Crippen LogP) is 4.95. The van der Waals surface area contributed by atoms with Crippen LogP contribution in [0.1, 0.15) is 61.7 Å². The van der Waals surface area contributed by atoms with Crippen LogP contribution in [0, 0.1) is 11.8 Å². The first-order valence-corrected chi connectivity index (χ1v) is 13.6. The first kappa shape index (κ1) is 24.3. The zero-order valence-corrected chi connectivity index (χ0v) is 21.8. The number of aliphatic hydroxyl groups is 1. The third kappa shape index (κ3) is 4.48. The summed E-state index contributed by atoms with van der Waals surface area (Å²) in [6.07, 6.45) is 7.72. The third-order valence-corrected chi connectivity index (χ3v) is 8.83. The van der Waals surface area contributed by atoms with Gasteiger partial charge in [-0.2, -0.15) is 4.98 Å². The van der Waals surface area contributed by atoms with Gasteiger partial charge in [0.1, 0.15) is 36.0 Å². The van der Waals surface area contributed by atoms with Crippen molar-refractivity contribution in [3.05, 3.63) is 66.3 Å². The Labute approximate surface area is 218 Å². The number of pyridine rings is 1. The van der Waals surface area contributed by atoms with E-state index in [1.165, 1.54) is 0 Å². The molecule has 7 nitrogen and oxygen atoms in total. The molecule has 1 N–H and O–H groups in total. The van der Waals surface area contributed by atoms with Crippen LogP contribution in [-0.4, -0.2) is 57.4 Å². The Morgan fingerprint density at radius 2 is 2.05 bits per heavy atom. The number of fused-ring (bicyclic) bond motifs is 4. The van der Waals surface area contributed by atoms with Crippen LogP contribution in [0.5, 0.6) is 11.6 Å². The molecule has 7 rings (SSSR count). The summed E-state index contributed by atoms with van der Waals surface area (Å²) in [5.41, 5.74) is 2.81. The lowest BCUT2D eigenvalue weighted by atomic mass is 9.71. The van der Waals surface area contributed by atoms with E-state index in [1.54, 1.807) is 13.3 Å². The molecular weight excluding hydrogens is 464 g/mol. The van der Waals surface area contributed by atoms with Crippen molar-refractivity contribution in [3.63, 3.8) is 0 Å². The van der Waals surface area contributed by atoms with Gasteiger partial charge in [-0.05, 0) is 55.5 Å². The standard InChI is InChI=1S/C30H37N4O3/c1-4-19-17-34(18-22-15-28(37-5-2)33-30(32-22)20-6-7-20)13-11-21(19)14-27(34)29(35)24-10-12-31-26-9-8-23(36-3)16-25(24)26/h4,8-10,12,15-16,19-21,27,29,35H,1,5-7,11,13-14,17-18H2,2-3H3/q+1/t19?,21?,27?,29-,34?/m0/s1. The molecule has 5 atom stereocenters. The summed E-state index contributed by atoms with van der Waals surface area (Å²) < 4.78 is 12.1. The topological polar surface area (TPSA) is 77.4 Å². The minimum Gasteiger partial charge on any atom is -0.497 e. The molecular formula is C30H37N4O3+. The maximum atomic E-state index is 12.1. The maximum absolute atomic E-state index is 12.1. The number of benzene rings is 1. The molecule has 3 aliphatic heterocycles. The van der Waals surface area contributed by atoms with Crippen LogP contribution in [0.2, 0.25) is 0 Å². The van der Waals surface area contributed by atoms with Crippen molar-refractivity contribution < 1.29 is 19.1 Å². The van der Waals surface area contributed by atoms with Gasteiger partial charge in [0.25, 0.3) is 0 Å². The van der Waals surface area contributed by atoms with E-state index in [1.807, 2.05) is 37.3 Å². The van der Waals surface area contributed by atoms with Gasteiger partial charge < -0.3 is 19.1 Å². The highest BCUT2D eigenvalue weighted by Crippen LogP contribution is 2.48. The normalized spacial score (nSPS) is 27.7. The SMILES string of the molecule is C=CC1C[N+]2(Cc3cc(OCC)nc(C4CC4)n3)CCC1CC2[C@@H](O)c1ccnc2ccc(OC)cc12. The second-order valence-electron chi connectivity index (χ2n) is 11.0. The lowest BCUT2D eigenvalue weighted by Crippen LogP contribution is -2.67. The van der Waals surface area contributed by atoms with Crippen molar-refractivity contribution in [2.24, 2.45) is 11.8 Å². The number of aromatic nitrogens is 3. The summed E-state index contributed by atoms with van der Waals surface area (Å²) in [7, 11) is 1.67. The van der Waals surface area contributed by atoms with Crippen molar-refractivity contribution in [1.82, 2.24) is 15.0 Å². The Kier molecular flexibility index (Phi) is 6.37. The molecule has 0 amide bonds. The molecule has 37 heavy (non-hydrogen) atoms. The van der Waals surface area contributed by atoms with Gasteiger partial charge in [-0.25, -0.2) is 4.98 Å².